The van der Waals surface area contributed by atoms with Gasteiger partial charge < -0.3 is 4.57 Å². The van der Waals surface area contributed by atoms with Crippen molar-refractivity contribution < 1.29 is 0 Å². The molecule has 0 spiro atoms. The minimum Gasteiger partial charge on any atom is -0.323 e. The fourth-order valence-corrected chi connectivity index (χ4v) is 2.30. The first-order chi connectivity index (χ1) is 10.2. The molecular formula is C18H15ClN2. The fraction of sp³-hybridized carbons (Fsp3) is 0.0556. The molecule has 0 atom stereocenters. The van der Waals surface area contributed by atoms with Gasteiger partial charge in [-0.2, -0.15) is 0 Å². The Morgan fingerprint density at radius 1 is 1.00 bits per heavy atom. The summed E-state index contributed by atoms with van der Waals surface area (Å²) in [5.74, 6) is 0. The molecule has 3 rings (SSSR count). The summed E-state index contributed by atoms with van der Waals surface area (Å²) in [6.07, 6.45) is 5.94. The number of rotatable bonds is 3. The monoisotopic (exact) mass is 294 g/mol. The van der Waals surface area contributed by atoms with E-state index in [4.69, 9.17) is 11.6 Å². The molecule has 0 aliphatic rings. The van der Waals surface area contributed by atoms with Crippen molar-refractivity contribution >= 4 is 23.5 Å². The Morgan fingerprint density at radius 2 is 1.81 bits per heavy atom. The van der Waals surface area contributed by atoms with E-state index in [1.807, 2.05) is 61.8 Å². The Kier molecular flexibility index (Phi) is 3.89. The summed E-state index contributed by atoms with van der Waals surface area (Å²) in [4.78, 5) is 4.52. The van der Waals surface area contributed by atoms with Gasteiger partial charge in [-0.15, -0.1) is 0 Å². The molecule has 0 saturated carbocycles. The van der Waals surface area contributed by atoms with Crippen LogP contribution in [-0.4, -0.2) is 10.8 Å². The normalized spacial score (nSPS) is 11.1. The van der Waals surface area contributed by atoms with Gasteiger partial charge in [-0.1, -0.05) is 35.9 Å². The number of para-hydroxylation sites is 1. The summed E-state index contributed by atoms with van der Waals surface area (Å²) >= 11 is 6.10. The van der Waals surface area contributed by atoms with Crippen molar-refractivity contribution in [1.82, 2.24) is 4.57 Å². The topological polar surface area (TPSA) is 17.3 Å². The second-order valence-electron chi connectivity index (χ2n) is 4.83. The molecule has 1 heterocycles. The molecule has 0 bridgehead atoms. The van der Waals surface area contributed by atoms with Crippen molar-refractivity contribution in [2.45, 2.75) is 6.92 Å². The van der Waals surface area contributed by atoms with Gasteiger partial charge in [-0.3, -0.25) is 4.99 Å². The first kappa shape index (κ1) is 13.7. The van der Waals surface area contributed by atoms with E-state index in [0.29, 0.717) is 0 Å². The Labute approximate surface area is 129 Å². The van der Waals surface area contributed by atoms with E-state index < -0.39 is 0 Å². The summed E-state index contributed by atoms with van der Waals surface area (Å²) in [6, 6.07) is 18.0. The molecule has 0 radical (unpaired) electrons. The average molecular weight is 295 g/mol. The van der Waals surface area contributed by atoms with Gasteiger partial charge in [0.25, 0.3) is 0 Å². The smallest absolute Gasteiger partial charge is 0.0673 e. The predicted octanol–water partition coefficient (Wildman–Crippen LogP) is 5.19. The summed E-state index contributed by atoms with van der Waals surface area (Å²) < 4.78 is 2.08. The maximum atomic E-state index is 6.10. The van der Waals surface area contributed by atoms with Gasteiger partial charge >= 0.3 is 0 Å². The van der Waals surface area contributed by atoms with Crippen LogP contribution < -0.4 is 0 Å². The van der Waals surface area contributed by atoms with E-state index in [1.54, 1.807) is 0 Å². The summed E-state index contributed by atoms with van der Waals surface area (Å²) in [5.41, 5.74) is 4.09. The maximum absolute atomic E-state index is 6.10. The van der Waals surface area contributed by atoms with Crippen LogP contribution in [0.3, 0.4) is 0 Å². The minimum atomic E-state index is 0.742. The number of benzene rings is 2. The van der Waals surface area contributed by atoms with Crippen LogP contribution >= 0.6 is 11.6 Å². The number of hydrogen-bond acceptors (Lipinski definition) is 1. The minimum absolute atomic E-state index is 0.742. The first-order valence-corrected chi connectivity index (χ1v) is 7.14. The van der Waals surface area contributed by atoms with Gasteiger partial charge in [-0.25, -0.2) is 0 Å². The first-order valence-electron chi connectivity index (χ1n) is 6.76. The van der Waals surface area contributed by atoms with Gasteiger partial charge in [-0.05, 0) is 42.8 Å². The molecule has 0 N–H and O–H groups in total. The highest BCUT2D eigenvalue weighted by atomic mass is 35.5. The molecule has 2 nitrogen and oxygen atoms in total. The molecule has 21 heavy (non-hydrogen) atoms. The third kappa shape index (κ3) is 3.06. The van der Waals surface area contributed by atoms with Crippen LogP contribution in [0.2, 0.25) is 5.02 Å². The molecule has 2 aromatic carbocycles. The SMILES string of the molecule is Cc1c(Cl)cccc1N=Cc1ccn(-c2ccccc2)c1. The summed E-state index contributed by atoms with van der Waals surface area (Å²) in [5, 5.41) is 0.742. The molecule has 0 fully saturated rings. The Balaban J connectivity index is 1.85. The van der Waals surface area contributed by atoms with Crippen LogP contribution in [-0.2, 0) is 0 Å². The molecule has 104 valence electrons. The molecule has 0 aliphatic heterocycles. The van der Waals surface area contributed by atoms with Crippen LogP contribution in [0.5, 0.6) is 0 Å². The lowest BCUT2D eigenvalue weighted by Crippen LogP contribution is -1.88. The van der Waals surface area contributed by atoms with Crippen molar-refractivity contribution in [2.75, 3.05) is 0 Å². The number of nitrogens with zero attached hydrogens (tertiary/aromatic N) is 2. The Hall–Kier alpha value is -2.32. The number of aromatic nitrogens is 1. The molecule has 3 aromatic rings. The number of halogens is 1. The van der Waals surface area contributed by atoms with Gasteiger partial charge in [0.05, 0.1) is 5.69 Å². The highest BCUT2D eigenvalue weighted by Crippen LogP contribution is 2.25. The van der Waals surface area contributed by atoms with Crippen LogP contribution in [0.25, 0.3) is 5.69 Å². The number of hydrogen-bond donors (Lipinski definition) is 0. The van der Waals surface area contributed by atoms with Crippen molar-refractivity contribution in [3.63, 3.8) is 0 Å². The predicted molar refractivity (Wildman–Crippen MR) is 89.2 cm³/mol. The van der Waals surface area contributed by atoms with Crippen molar-refractivity contribution in [2.24, 2.45) is 4.99 Å². The van der Waals surface area contributed by atoms with Gasteiger partial charge in [0, 0.05) is 34.9 Å². The van der Waals surface area contributed by atoms with Crippen LogP contribution in [0, 0.1) is 6.92 Å². The maximum Gasteiger partial charge on any atom is 0.0673 e. The van der Waals surface area contributed by atoms with Gasteiger partial charge in [0.1, 0.15) is 0 Å². The highest BCUT2D eigenvalue weighted by Gasteiger charge is 2.00. The van der Waals surface area contributed by atoms with E-state index in [1.165, 1.54) is 0 Å². The second-order valence-corrected chi connectivity index (χ2v) is 5.24. The summed E-state index contributed by atoms with van der Waals surface area (Å²) in [7, 11) is 0. The zero-order chi connectivity index (χ0) is 14.7. The van der Waals surface area contributed by atoms with Crippen molar-refractivity contribution in [3.8, 4) is 5.69 Å². The molecule has 0 amide bonds. The van der Waals surface area contributed by atoms with Crippen LogP contribution in [0.1, 0.15) is 11.1 Å². The molecule has 0 saturated heterocycles. The highest BCUT2D eigenvalue weighted by molar-refractivity contribution is 6.31. The molecule has 0 unspecified atom stereocenters. The van der Waals surface area contributed by atoms with E-state index in [2.05, 4.69) is 27.9 Å². The lowest BCUT2D eigenvalue weighted by Gasteiger charge is -2.01. The zero-order valence-corrected chi connectivity index (χ0v) is 12.5. The zero-order valence-electron chi connectivity index (χ0n) is 11.7. The molecule has 1 aromatic heterocycles. The fourth-order valence-electron chi connectivity index (χ4n) is 2.13. The van der Waals surface area contributed by atoms with Gasteiger partial charge in [0.2, 0.25) is 0 Å². The third-order valence-corrected chi connectivity index (χ3v) is 3.77. The van der Waals surface area contributed by atoms with Crippen molar-refractivity contribution in [3.05, 3.63) is 83.1 Å². The quantitative estimate of drug-likeness (QED) is 0.592. The average Bonchev–Trinajstić information content (AvgIpc) is 2.99. The van der Waals surface area contributed by atoms with Crippen molar-refractivity contribution in [1.29, 1.82) is 0 Å². The van der Waals surface area contributed by atoms with E-state index in [9.17, 15) is 0 Å². The summed E-state index contributed by atoms with van der Waals surface area (Å²) in [6.45, 7) is 1.98. The second kappa shape index (κ2) is 5.98. The lowest BCUT2D eigenvalue weighted by molar-refractivity contribution is 1.08. The van der Waals surface area contributed by atoms with Crippen LogP contribution in [0.4, 0.5) is 5.69 Å². The largest absolute Gasteiger partial charge is 0.323 e. The number of aliphatic imine (C=N–C) groups is 1. The standard InChI is InChI=1S/C18H15ClN2/c1-14-17(19)8-5-9-18(14)20-12-15-10-11-21(13-15)16-6-3-2-4-7-16/h2-13H,1H3. The Bertz CT molecular complexity index is 773. The van der Waals surface area contributed by atoms with Gasteiger partial charge in [0.15, 0.2) is 0 Å². The molecular weight excluding hydrogens is 280 g/mol. The van der Waals surface area contributed by atoms with E-state index in [0.717, 1.165) is 27.5 Å². The molecule has 3 heteroatoms. The third-order valence-electron chi connectivity index (χ3n) is 3.36. The van der Waals surface area contributed by atoms with E-state index >= 15 is 0 Å². The molecule has 0 aliphatic carbocycles. The lowest BCUT2D eigenvalue weighted by atomic mass is 10.2. The Morgan fingerprint density at radius 3 is 2.62 bits per heavy atom. The van der Waals surface area contributed by atoms with Crippen LogP contribution in [0.15, 0.2) is 72.0 Å². The van der Waals surface area contributed by atoms with E-state index in [-0.39, 0.29) is 0 Å².